The highest BCUT2D eigenvalue weighted by atomic mass is 32.1. The zero-order valence-corrected chi connectivity index (χ0v) is 25.6. The van der Waals surface area contributed by atoms with Crippen molar-refractivity contribution in [2.75, 3.05) is 25.2 Å². The Bertz CT molecular complexity index is 1750. The van der Waals surface area contributed by atoms with Gasteiger partial charge in [0, 0.05) is 0 Å². The van der Waals surface area contributed by atoms with E-state index in [2.05, 4.69) is 18.8 Å². The third kappa shape index (κ3) is 5.15. The van der Waals surface area contributed by atoms with E-state index in [1.165, 1.54) is 4.90 Å². The third-order valence-electron chi connectivity index (χ3n) is 7.39. The molecule has 0 bridgehead atoms. The van der Waals surface area contributed by atoms with Crippen LogP contribution in [-0.2, 0) is 4.74 Å². The Hall–Kier alpha value is -4.18. The second-order valence-corrected chi connectivity index (χ2v) is 11.7. The molecule has 1 aliphatic rings. The molecule has 1 amide bonds. The number of hydrogen-bond donors (Lipinski definition) is 0. The van der Waals surface area contributed by atoms with Crippen molar-refractivity contribution in [3.8, 4) is 11.5 Å². The van der Waals surface area contributed by atoms with Gasteiger partial charge in [0.05, 0.1) is 43.0 Å². The Balaban J connectivity index is 1.70. The molecule has 0 N–H and O–H groups in total. The lowest BCUT2D eigenvalue weighted by Gasteiger charge is -2.23. The second-order valence-electron chi connectivity index (χ2n) is 10.8. The molecule has 220 valence electrons. The number of carbonyl (C=O) groups excluding carboxylic acids is 2. The van der Waals surface area contributed by atoms with Crippen LogP contribution in [0.15, 0.2) is 39.5 Å². The Morgan fingerprint density at radius 1 is 1.10 bits per heavy atom. The molecule has 0 spiro atoms. The molecule has 0 saturated carbocycles. The summed E-state index contributed by atoms with van der Waals surface area (Å²) >= 11 is 1.04. The van der Waals surface area contributed by atoms with Crippen LogP contribution in [0.4, 0.5) is 5.13 Å². The van der Waals surface area contributed by atoms with Crippen molar-refractivity contribution >= 4 is 39.3 Å². The summed E-state index contributed by atoms with van der Waals surface area (Å²) in [5.74, 6) is 0.415. The molecule has 10 heteroatoms. The van der Waals surface area contributed by atoms with Crippen LogP contribution in [0.5, 0.6) is 11.5 Å². The largest absolute Gasteiger partial charge is 0.493 e. The van der Waals surface area contributed by atoms with Crippen LogP contribution in [-0.4, -0.2) is 37.2 Å². The first kappa shape index (κ1) is 29.3. The van der Waals surface area contributed by atoms with Gasteiger partial charge >= 0.3 is 5.97 Å². The SMILES string of the molecule is CCOC(=O)c1sc(N2C(=O)c3oc4cc(C)c(C)cc4c(=O)c3C2c2ccc(OCCC(C)C)c(OC)c2)nc1C. The summed E-state index contributed by atoms with van der Waals surface area (Å²) in [6.07, 6.45) is 0.877. The number of benzene rings is 2. The average molecular weight is 591 g/mol. The third-order valence-corrected chi connectivity index (χ3v) is 8.53. The maximum absolute atomic E-state index is 14.1. The molecule has 2 aromatic carbocycles. The number of carbonyl (C=O) groups is 2. The molecule has 9 nitrogen and oxygen atoms in total. The number of amides is 1. The lowest BCUT2D eigenvalue weighted by atomic mass is 9.97. The molecule has 5 rings (SSSR count). The van der Waals surface area contributed by atoms with Crippen LogP contribution in [0.3, 0.4) is 0 Å². The van der Waals surface area contributed by atoms with Gasteiger partial charge in [-0.3, -0.25) is 14.5 Å². The smallest absolute Gasteiger partial charge is 0.350 e. The van der Waals surface area contributed by atoms with Crippen molar-refractivity contribution < 1.29 is 28.2 Å². The fourth-order valence-electron chi connectivity index (χ4n) is 4.99. The molecule has 0 fully saturated rings. The summed E-state index contributed by atoms with van der Waals surface area (Å²) in [4.78, 5) is 47.1. The number of nitrogens with zero attached hydrogens (tertiary/aromatic N) is 2. The number of anilines is 1. The van der Waals surface area contributed by atoms with E-state index in [-0.39, 0.29) is 33.4 Å². The molecule has 42 heavy (non-hydrogen) atoms. The number of esters is 1. The van der Waals surface area contributed by atoms with Gasteiger partial charge in [0.2, 0.25) is 5.76 Å². The van der Waals surface area contributed by atoms with Crippen LogP contribution < -0.4 is 19.8 Å². The minimum Gasteiger partial charge on any atom is -0.493 e. The lowest BCUT2D eigenvalue weighted by molar-refractivity contribution is 0.0531. The highest BCUT2D eigenvalue weighted by Gasteiger charge is 2.45. The fraction of sp³-hybridized carbons (Fsp3) is 0.375. The highest BCUT2D eigenvalue weighted by molar-refractivity contribution is 7.17. The first-order chi connectivity index (χ1) is 20.0. The van der Waals surface area contributed by atoms with Crippen molar-refractivity contribution in [3.63, 3.8) is 0 Å². The average Bonchev–Trinajstić information content (AvgIpc) is 3.47. The number of hydrogen-bond acceptors (Lipinski definition) is 9. The van der Waals surface area contributed by atoms with Gasteiger partial charge in [-0.05, 0) is 81.0 Å². The van der Waals surface area contributed by atoms with E-state index < -0.39 is 17.9 Å². The van der Waals surface area contributed by atoms with Crippen LogP contribution >= 0.6 is 11.3 Å². The second kappa shape index (κ2) is 11.6. The number of methoxy groups -OCH3 is 1. The Morgan fingerprint density at radius 2 is 1.83 bits per heavy atom. The van der Waals surface area contributed by atoms with Crippen molar-refractivity contribution in [1.29, 1.82) is 0 Å². The number of rotatable bonds is 9. The Morgan fingerprint density at radius 3 is 2.52 bits per heavy atom. The molecule has 2 aromatic heterocycles. The van der Waals surface area contributed by atoms with Crippen molar-refractivity contribution in [2.24, 2.45) is 5.92 Å². The first-order valence-corrected chi connectivity index (χ1v) is 14.7. The molecule has 4 aromatic rings. The van der Waals surface area contributed by atoms with E-state index in [4.69, 9.17) is 18.6 Å². The van der Waals surface area contributed by atoms with Gasteiger partial charge in [-0.1, -0.05) is 31.3 Å². The topological polar surface area (TPSA) is 108 Å². The molecular formula is C32H34N2O7S. The van der Waals surface area contributed by atoms with E-state index in [0.717, 1.165) is 28.9 Å². The van der Waals surface area contributed by atoms with E-state index in [0.29, 0.717) is 46.3 Å². The van der Waals surface area contributed by atoms with Crippen molar-refractivity contribution in [3.05, 3.63) is 79.1 Å². The fourth-order valence-corrected chi connectivity index (χ4v) is 5.98. The molecule has 3 heterocycles. The molecule has 1 aliphatic heterocycles. The number of fused-ring (bicyclic) bond motifs is 2. The predicted octanol–water partition coefficient (Wildman–Crippen LogP) is 6.53. The monoisotopic (exact) mass is 590 g/mol. The summed E-state index contributed by atoms with van der Waals surface area (Å²) in [7, 11) is 1.54. The minimum absolute atomic E-state index is 0.0532. The van der Waals surface area contributed by atoms with Crippen LogP contribution in [0.25, 0.3) is 11.0 Å². The van der Waals surface area contributed by atoms with E-state index in [1.54, 1.807) is 45.2 Å². The van der Waals surface area contributed by atoms with Gasteiger partial charge < -0.3 is 18.6 Å². The maximum Gasteiger partial charge on any atom is 0.350 e. The zero-order valence-electron chi connectivity index (χ0n) is 24.8. The van der Waals surface area contributed by atoms with Crippen molar-refractivity contribution in [2.45, 2.75) is 54.0 Å². The predicted molar refractivity (Wildman–Crippen MR) is 161 cm³/mol. The van der Waals surface area contributed by atoms with Gasteiger partial charge in [-0.2, -0.15) is 0 Å². The Labute approximate surface area is 248 Å². The molecule has 1 unspecified atom stereocenters. The molecule has 1 atom stereocenters. The minimum atomic E-state index is -0.881. The first-order valence-electron chi connectivity index (χ1n) is 13.9. The summed E-state index contributed by atoms with van der Waals surface area (Å²) in [5, 5.41) is 0.642. The van der Waals surface area contributed by atoms with Crippen molar-refractivity contribution in [1.82, 2.24) is 4.98 Å². The number of aryl methyl sites for hydroxylation is 3. The van der Waals surface area contributed by atoms with E-state index in [1.807, 2.05) is 19.9 Å². The quantitative estimate of drug-likeness (QED) is 0.202. The summed E-state index contributed by atoms with van der Waals surface area (Å²) in [6, 6.07) is 8.04. The summed E-state index contributed by atoms with van der Waals surface area (Å²) < 4.78 is 23.0. The molecule has 0 aliphatic carbocycles. The van der Waals surface area contributed by atoms with Gasteiger partial charge in [-0.15, -0.1) is 0 Å². The molecule has 0 saturated heterocycles. The van der Waals surface area contributed by atoms with Crippen LogP contribution in [0, 0.1) is 26.7 Å². The van der Waals surface area contributed by atoms with E-state index >= 15 is 0 Å². The Kier molecular flexibility index (Phi) is 8.10. The standard InChI is InChI=1S/C32H34N2O7S/c1-8-39-31(37)29-19(6)33-32(42-29)34-26(20-9-10-22(24(15-20)38-7)40-12-11-16(2)3)25-27(35)21-13-17(4)18(5)14-23(21)41-28(25)30(34)36/h9-10,13-16,26H,8,11-12H2,1-7H3. The van der Waals surface area contributed by atoms with Crippen LogP contribution in [0.2, 0.25) is 0 Å². The highest BCUT2D eigenvalue weighted by Crippen LogP contribution is 2.45. The number of aromatic nitrogens is 1. The summed E-state index contributed by atoms with van der Waals surface area (Å²) in [6.45, 7) is 12.2. The van der Waals surface area contributed by atoms with Gasteiger partial charge in [0.25, 0.3) is 5.91 Å². The van der Waals surface area contributed by atoms with Crippen LogP contribution in [0.1, 0.15) is 81.4 Å². The van der Waals surface area contributed by atoms with Gasteiger partial charge in [-0.25, -0.2) is 9.78 Å². The van der Waals surface area contributed by atoms with E-state index in [9.17, 15) is 14.4 Å². The molecule has 0 radical (unpaired) electrons. The molecular weight excluding hydrogens is 556 g/mol. The lowest BCUT2D eigenvalue weighted by Crippen LogP contribution is -2.29. The normalized spacial score (nSPS) is 14.5. The zero-order chi connectivity index (χ0) is 30.3. The summed E-state index contributed by atoms with van der Waals surface area (Å²) in [5.41, 5.74) is 3.16. The van der Waals surface area contributed by atoms with Gasteiger partial charge in [0.15, 0.2) is 22.1 Å². The maximum atomic E-state index is 14.1. The van der Waals surface area contributed by atoms with Gasteiger partial charge in [0.1, 0.15) is 10.5 Å². The number of thiazole rings is 1. The number of ether oxygens (including phenoxy) is 3.